The summed E-state index contributed by atoms with van der Waals surface area (Å²) in [6, 6.07) is 3.27. The summed E-state index contributed by atoms with van der Waals surface area (Å²) >= 11 is 0. The highest BCUT2D eigenvalue weighted by atomic mass is 19.4. The maximum Gasteiger partial charge on any atom is 0.416 e. The van der Waals surface area contributed by atoms with Crippen molar-refractivity contribution in [2.75, 3.05) is 6.54 Å². The average Bonchev–Trinajstić information content (AvgIpc) is 2.80. The normalized spacial score (nSPS) is 26.2. The summed E-state index contributed by atoms with van der Waals surface area (Å²) < 4.78 is 50.3. The third-order valence-electron chi connectivity index (χ3n) is 4.39. The Kier molecular flexibility index (Phi) is 4.26. The Balaban J connectivity index is 1.94. The van der Waals surface area contributed by atoms with Crippen molar-refractivity contribution in [1.29, 1.82) is 0 Å². The topological polar surface area (TPSA) is 38.8 Å². The van der Waals surface area contributed by atoms with Gasteiger partial charge in [-0.05, 0) is 51.0 Å². The van der Waals surface area contributed by atoms with Crippen molar-refractivity contribution in [3.05, 3.63) is 34.9 Å². The van der Waals surface area contributed by atoms with Crippen LogP contribution in [0.4, 0.5) is 18.0 Å². The first-order chi connectivity index (χ1) is 11.5. The van der Waals surface area contributed by atoms with Crippen LogP contribution in [0.3, 0.4) is 0 Å². The fourth-order valence-electron chi connectivity index (χ4n) is 3.51. The standard InChI is InChI=1S/C18H22F3NO3/c1-10-9-22(16(23)25-17(2,3)4)15-13-6-5-12(18(19,20)21)7-11(13)8-14(15)24-10/h5-7,10,14-15H,8-9H2,1-4H3. The number of amides is 1. The fourth-order valence-corrected chi connectivity index (χ4v) is 3.51. The minimum absolute atomic E-state index is 0.204. The van der Waals surface area contributed by atoms with Crippen molar-refractivity contribution in [3.8, 4) is 0 Å². The van der Waals surface area contributed by atoms with E-state index >= 15 is 0 Å². The molecule has 3 unspecified atom stereocenters. The maximum absolute atomic E-state index is 13.0. The number of hydrogen-bond donors (Lipinski definition) is 0. The van der Waals surface area contributed by atoms with Gasteiger partial charge in [-0.2, -0.15) is 13.2 Å². The largest absolute Gasteiger partial charge is 0.444 e. The Morgan fingerprint density at radius 2 is 1.96 bits per heavy atom. The molecule has 1 amide bonds. The van der Waals surface area contributed by atoms with E-state index in [1.165, 1.54) is 6.07 Å². The Hall–Kier alpha value is -1.76. The van der Waals surface area contributed by atoms with Gasteiger partial charge in [-0.3, -0.25) is 4.90 Å². The summed E-state index contributed by atoms with van der Waals surface area (Å²) in [5, 5.41) is 0. The van der Waals surface area contributed by atoms with E-state index in [1.54, 1.807) is 25.7 Å². The van der Waals surface area contributed by atoms with Gasteiger partial charge in [0, 0.05) is 6.42 Å². The first kappa shape index (κ1) is 18.0. The zero-order valence-electron chi connectivity index (χ0n) is 14.7. The highest BCUT2D eigenvalue weighted by Crippen LogP contribution is 2.43. The number of rotatable bonds is 0. The number of benzene rings is 1. The maximum atomic E-state index is 13.0. The third kappa shape index (κ3) is 3.61. The van der Waals surface area contributed by atoms with E-state index in [4.69, 9.17) is 9.47 Å². The van der Waals surface area contributed by atoms with E-state index in [2.05, 4.69) is 0 Å². The van der Waals surface area contributed by atoms with E-state index < -0.39 is 29.5 Å². The number of halogens is 3. The molecule has 2 aliphatic rings. The molecule has 4 nitrogen and oxygen atoms in total. The molecule has 3 atom stereocenters. The van der Waals surface area contributed by atoms with Gasteiger partial charge >= 0.3 is 12.3 Å². The molecular formula is C18H22F3NO3. The van der Waals surface area contributed by atoms with Gasteiger partial charge in [0.15, 0.2) is 0 Å². The van der Waals surface area contributed by atoms with Crippen molar-refractivity contribution < 1.29 is 27.4 Å². The molecule has 138 valence electrons. The second kappa shape index (κ2) is 5.90. The second-order valence-electron chi connectivity index (χ2n) is 7.68. The second-order valence-corrected chi connectivity index (χ2v) is 7.68. The molecule has 7 heteroatoms. The minimum Gasteiger partial charge on any atom is -0.444 e. The van der Waals surface area contributed by atoms with E-state index in [1.807, 2.05) is 6.92 Å². The van der Waals surface area contributed by atoms with Gasteiger partial charge in [-0.1, -0.05) is 6.07 Å². The van der Waals surface area contributed by atoms with Gasteiger partial charge in [0.25, 0.3) is 0 Å². The summed E-state index contributed by atoms with van der Waals surface area (Å²) in [5.74, 6) is 0. The van der Waals surface area contributed by atoms with Crippen molar-refractivity contribution >= 4 is 6.09 Å². The molecule has 0 spiro atoms. The number of alkyl halides is 3. The lowest BCUT2D eigenvalue weighted by Gasteiger charge is -2.41. The van der Waals surface area contributed by atoms with Crippen LogP contribution in [0.15, 0.2) is 18.2 Å². The lowest BCUT2D eigenvalue weighted by atomic mass is 10.0. The summed E-state index contributed by atoms with van der Waals surface area (Å²) in [4.78, 5) is 14.2. The molecule has 0 radical (unpaired) electrons. The summed E-state index contributed by atoms with van der Waals surface area (Å²) in [6.45, 7) is 7.54. The third-order valence-corrected chi connectivity index (χ3v) is 4.39. The monoisotopic (exact) mass is 357 g/mol. The minimum atomic E-state index is -4.39. The van der Waals surface area contributed by atoms with Crippen LogP contribution < -0.4 is 0 Å². The van der Waals surface area contributed by atoms with Gasteiger partial charge in [-0.15, -0.1) is 0 Å². The van der Waals surface area contributed by atoms with Crippen molar-refractivity contribution in [1.82, 2.24) is 4.90 Å². The number of hydrogen-bond acceptors (Lipinski definition) is 3. The molecule has 1 aliphatic heterocycles. The number of carbonyl (C=O) groups excluding carboxylic acids is 1. The predicted octanol–water partition coefficient (Wildman–Crippen LogP) is 4.33. The van der Waals surface area contributed by atoms with Crippen LogP contribution in [-0.2, 0) is 22.1 Å². The Labute approximate surface area is 144 Å². The number of carbonyl (C=O) groups is 1. The highest BCUT2D eigenvalue weighted by Gasteiger charge is 2.46. The smallest absolute Gasteiger partial charge is 0.416 e. The molecule has 0 saturated carbocycles. The van der Waals surface area contributed by atoms with E-state index in [0.29, 0.717) is 24.1 Å². The van der Waals surface area contributed by atoms with Crippen LogP contribution in [0.25, 0.3) is 0 Å². The average molecular weight is 357 g/mol. The van der Waals surface area contributed by atoms with E-state index in [0.717, 1.165) is 12.1 Å². The molecule has 0 bridgehead atoms. The van der Waals surface area contributed by atoms with Crippen LogP contribution in [0.5, 0.6) is 0 Å². The van der Waals surface area contributed by atoms with Gasteiger partial charge < -0.3 is 9.47 Å². The molecule has 1 heterocycles. The quantitative estimate of drug-likeness (QED) is 0.694. The molecule has 1 aromatic rings. The first-order valence-electron chi connectivity index (χ1n) is 8.31. The van der Waals surface area contributed by atoms with Gasteiger partial charge in [0.05, 0.1) is 30.4 Å². The number of morpholine rings is 1. The Bertz CT molecular complexity index is 681. The first-order valence-corrected chi connectivity index (χ1v) is 8.31. The van der Waals surface area contributed by atoms with Crippen LogP contribution in [0.1, 0.15) is 50.4 Å². The van der Waals surface area contributed by atoms with Crippen LogP contribution in [0.2, 0.25) is 0 Å². The molecule has 1 saturated heterocycles. The molecular weight excluding hydrogens is 335 g/mol. The van der Waals surface area contributed by atoms with Crippen LogP contribution in [-0.4, -0.2) is 35.3 Å². The zero-order chi connectivity index (χ0) is 18.6. The highest BCUT2D eigenvalue weighted by molar-refractivity contribution is 5.70. The van der Waals surface area contributed by atoms with E-state index in [9.17, 15) is 18.0 Å². The van der Waals surface area contributed by atoms with Gasteiger partial charge in [-0.25, -0.2) is 4.79 Å². The molecule has 0 aromatic heterocycles. The zero-order valence-corrected chi connectivity index (χ0v) is 14.7. The van der Waals surface area contributed by atoms with Crippen molar-refractivity contribution in [3.63, 3.8) is 0 Å². The summed E-state index contributed by atoms with van der Waals surface area (Å²) in [5.41, 5.74) is -0.0413. The lowest BCUT2D eigenvalue weighted by molar-refractivity contribution is -0.137. The molecule has 3 rings (SSSR count). The fraction of sp³-hybridized carbons (Fsp3) is 0.611. The number of fused-ring (bicyclic) bond motifs is 3. The predicted molar refractivity (Wildman–Crippen MR) is 85.2 cm³/mol. The van der Waals surface area contributed by atoms with Gasteiger partial charge in [0.2, 0.25) is 0 Å². The summed E-state index contributed by atoms with van der Waals surface area (Å²) in [7, 11) is 0. The number of nitrogens with zero attached hydrogens (tertiary/aromatic N) is 1. The SMILES string of the molecule is CC1CN(C(=O)OC(C)(C)C)C2c3ccc(C(F)(F)F)cc3CC2O1. The van der Waals surface area contributed by atoms with Gasteiger partial charge in [0.1, 0.15) is 5.60 Å². The molecule has 1 fully saturated rings. The summed E-state index contributed by atoms with van der Waals surface area (Å²) in [6.07, 6.45) is -5.06. The number of ether oxygens (including phenoxy) is 2. The lowest BCUT2D eigenvalue weighted by Crippen LogP contribution is -2.51. The van der Waals surface area contributed by atoms with Crippen LogP contribution in [0, 0.1) is 0 Å². The van der Waals surface area contributed by atoms with Crippen molar-refractivity contribution in [2.45, 2.75) is 64.1 Å². The molecule has 0 N–H and O–H groups in total. The molecule has 1 aliphatic carbocycles. The Morgan fingerprint density at radius 1 is 1.28 bits per heavy atom. The van der Waals surface area contributed by atoms with Crippen molar-refractivity contribution in [2.24, 2.45) is 0 Å². The molecule has 25 heavy (non-hydrogen) atoms. The molecule has 1 aromatic carbocycles. The van der Waals surface area contributed by atoms with E-state index in [-0.39, 0.29) is 12.2 Å². The van der Waals surface area contributed by atoms with Crippen LogP contribution >= 0.6 is 0 Å². The Morgan fingerprint density at radius 3 is 2.56 bits per heavy atom.